The summed E-state index contributed by atoms with van der Waals surface area (Å²) in [5.74, 6) is 0.515. The SMILES string of the molecule is COc1ccc(C(=O)Nc2ccc3nc4c5ccccc5c5ccccc5c4nc3c2)cc1. The molecule has 0 aliphatic carbocycles. The standard InChI is InChI=1S/C28H19N3O2/c1-33-19-13-10-17(11-14-19)28(32)29-18-12-15-24-25(16-18)31-27-23-9-5-3-7-21(23)20-6-2-4-8-22(20)26(27)30-24/h2-16H,1H3,(H,29,32). The van der Waals surface area contributed by atoms with Crippen molar-refractivity contribution in [3.63, 3.8) is 0 Å². The van der Waals surface area contributed by atoms with Gasteiger partial charge in [-0.1, -0.05) is 48.5 Å². The van der Waals surface area contributed by atoms with Crippen molar-refractivity contribution < 1.29 is 9.53 Å². The smallest absolute Gasteiger partial charge is 0.255 e. The Morgan fingerprint density at radius 1 is 0.697 bits per heavy atom. The maximum Gasteiger partial charge on any atom is 0.255 e. The summed E-state index contributed by atoms with van der Waals surface area (Å²) in [6.45, 7) is 0. The fraction of sp³-hybridized carbons (Fsp3) is 0.0357. The van der Waals surface area contributed by atoms with Crippen molar-refractivity contribution in [2.24, 2.45) is 0 Å². The molecule has 5 nitrogen and oxygen atoms in total. The maximum atomic E-state index is 12.7. The van der Waals surface area contributed by atoms with Crippen LogP contribution in [0.3, 0.4) is 0 Å². The quantitative estimate of drug-likeness (QED) is 0.263. The highest BCUT2D eigenvalue weighted by molar-refractivity contribution is 6.23. The summed E-state index contributed by atoms with van der Waals surface area (Å²) in [5.41, 5.74) is 4.48. The van der Waals surface area contributed by atoms with Crippen molar-refractivity contribution in [2.45, 2.75) is 0 Å². The van der Waals surface area contributed by atoms with Crippen molar-refractivity contribution in [3.05, 3.63) is 96.6 Å². The molecule has 0 saturated heterocycles. The van der Waals surface area contributed by atoms with E-state index < -0.39 is 0 Å². The molecule has 158 valence electrons. The summed E-state index contributed by atoms with van der Waals surface area (Å²) < 4.78 is 5.16. The fourth-order valence-electron chi connectivity index (χ4n) is 4.30. The molecule has 0 aliphatic rings. The van der Waals surface area contributed by atoms with E-state index in [-0.39, 0.29) is 5.91 Å². The van der Waals surface area contributed by atoms with E-state index in [4.69, 9.17) is 14.7 Å². The second-order valence-electron chi connectivity index (χ2n) is 7.90. The molecule has 33 heavy (non-hydrogen) atoms. The molecule has 6 rings (SSSR count). The highest BCUT2D eigenvalue weighted by Gasteiger charge is 2.13. The lowest BCUT2D eigenvalue weighted by molar-refractivity contribution is 0.102. The average Bonchev–Trinajstić information content (AvgIpc) is 2.88. The minimum Gasteiger partial charge on any atom is -0.497 e. The number of benzene rings is 5. The Morgan fingerprint density at radius 3 is 1.88 bits per heavy atom. The zero-order valence-electron chi connectivity index (χ0n) is 17.9. The van der Waals surface area contributed by atoms with Crippen molar-refractivity contribution in [3.8, 4) is 5.75 Å². The maximum absolute atomic E-state index is 12.7. The molecule has 0 unspecified atom stereocenters. The van der Waals surface area contributed by atoms with Crippen LogP contribution in [0.2, 0.25) is 0 Å². The van der Waals surface area contributed by atoms with E-state index in [0.717, 1.165) is 43.6 Å². The van der Waals surface area contributed by atoms with Crippen LogP contribution in [0.25, 0.3) is 43.6 Å². The molecule has 5 heteroatoms. The number of hydrogen-bond acceptors (Lipinski definition) is 4. The number of anilines is 1. The number of fused-ring (bicyclic) bond motifs is 7. The van der Waals surface area contributed by atoms with E-state index in [1.807, 2.05) is 42.5 Å². The Hall–Kier alpha value is -4.51. The van der Waals surface area contributed by atoms with Crippen LogP contribution in [-0.2, 0) is 0 Å². The molecule has 5 aromatic carbocycles. The number of rotatable bonds is 3. The average molecular weight is 429 g/mol. The zero-order valence-corrected chi connectivity index (χ0v) is 17.9. The molecule has 0 bridgehead atoms. The lowest BCUT2D eigenvalue weighted by Crippen LogP contribution is -2.11. The zero-order chi connectivity index (χ0) is 22.4. The topological polar surface area (TPSA) is 64.1 Å². The highest BCUT2D eigenvalue weighted by atomic mass is 16.5. The van der Waals surface area contributed by atoms with Crippen LogP contribution in [-0.4, -0.2) is 23.0 Å². The van der Waals surface area contributed by atoms with E-state index in [0.29, 0.717) is 17.0 Å². The number of nitrogens with zero attached hydrogens (tertiary/aromatic N) is 2. The van der Waals surface area contributed by atoms with E-state index in [1.54, 1.807) is 31.4 Å². The first-order valence-electron chi connectivity index (χ1n) is 10.7. The van der Waals surface area contributed by atoms with Gasteiger partial charge in [-0.25, -0.2) is 9.97 Å². The Labute approximate surface area is 189 Å². The van der Waals surface area contributed by atoms with E-state index in [1.165, 1.54) is 0 Å². The van der Waals surface area contributed by atoms with Gasteiger partial charge in [0.05, 0.1) is 29.2 Å². The predicted molar refractivity (Wildman–Crippen MR) is 133 cm³/mol. The molecule has 1 aromatic heterocycles. The van der Waals surface area contributed by atoms with Crippen LogP contribution >= 0.6 is 0 Å². The summed E-state index contributed by atoms with van der Waals surface area (Å²) in [6.07, 6.45) is 0. The molecule has 1 heterocycles. The van der Waals surface area contributed by atoms with Gasteiger partial charge in [0.25, 0.3) is 5.91 Å². The predicted octanol–water partition coefficient (Wildman–Crippen LogP) is 6.35. The molecule has 0 fully saturated rings. The number of carbonyl (C=O) groups excluding carboxylic acids is 1. The van der Waals surface area contributed by atoms with Crippen LogP contribution in [0.5, 0.6) is 5.75 Å². The third kappa shape index (κ3) is 3.22. The molecule has 0 radical (unpaired) electrons. The van der Waals surface area contributed by atoms with Crippen LogP contribution in [0.4, 0.5) is 5.69 Å². The second kappa shape index (κ2) is 7.57. The van der Waals surface area contributed by atoms with Gasteiger partial charge in [-0.15, -0.1) is 0 Å². The summed E-state index contributed by atoms with van der Waals surface area (Å²) in [7, 11) is 1.60. The minimum absolute atomic E-state index is 0.192. The Morgan fingerprint density at radius 2 is 1.27 bits per heavy atom. The fourth-order valence-corrected chi connectivity index (χ4v) is 4.30. The van der Waals surface area contributed by atoms with Gasteiger partial charge < -0.3 is 10.1 Å². The van der Waals surface area contributed by atoms with Gasteiger partial charge >= 0.3 is 0 Å². The van der Waals surface area contributed by atoms with Crippen LogP contribution in [0.15, 0.2) is 91.0 Å². The van der Waals surface area contributed by atoms with Gasteiger partial charge in [0, 0.05) is 22.0 Å². The number of nitrogens with one attached hydrogen (secondary N) is 1. The van der Waals surface area contributed by atoms with Crippen LogP contribution in [0.1, 0.15) is 10.4 Å². The van der Waals surface area contributed by atoms with E-state index in [2.05, 4.69) is 29.6 Å². The number of carbonyl (C=O) groups is 1. The second-order valence-corrected chi connectivity index (χ2v) is 7.90. The molecule has 0 saturated carbocycles. The number of amides is 1. The molecule has 1 N–H and O–H groups in total. The number of aromatic nitrogens is 2. The number of methoxy groups -OCH3 is 1. The normalized spacial score (nSPS) is 11.3. The van der Waals surface area contributed by atoms with Gasteiger partial charge in [-0.05, 0) is 53.2 Å². The summed E-state index contributed by atoms with van der Waals surface area (Å²) >= 11 is 0. The highest BCUT2D eigenvalue weighted by Crippen LogP contribution is 2.34. The van der Waals surface area contributed by atoms with Gasteiger partial charge in [-0.2, -0.15) is 0 Å². The number of ether oxygens (including phenoxy) is 1. The summed E-state index contributed by atoms with van der Waals surface area (Å²) in [5, 5.41) is 7.41. The van der Waals surface area contributed by atoms with Gasteiger partial charge in [0.15, 0.2) is 0 Å². The molecule has 1 amide bonds. The third-order valence-electron chi connectivity index (χ3n) is 5.93. The number of hydrogen-bond donors (Lipinski definition) is 1. The van der Waals surface area contributed by atoms with E-state index in [9.17, 15) is 4.79 Å². The molecule has 6 aromatic rings. The monoisotopic (exact) mass is 429 g/mol. The van der Waals surface area contributed by atoms with Gasteiger partial charge in [0.1, 0.15) is 5.75 Å². The lowest BCUT2D eigenvalue weighted by Gasteiger charge is -2.11. The van der Waals surface area contributed by atoms with Crippen molar-refractivity contribution in [1.29, 1.82) is 0 Å². The minimum atomic E-state index is -0.192. The van der Waals surface area contributed by atoms with E-state index >= 15 is 0 Å². The molecule has 0 atom stereocenters. The van der Waals surface area contributed by atoms with Crippen LogP contribution < -0.4 is 10.1 Å². The van der Waals surface area contributed by atoms with Crippen molar-refractivity contribution in [1.82, 2.24) is 9.97 Å². The third-order valence-corrected chi connectivity index (χ3v) is 5.93. The largest absolute Gasteiger partial charge is 0.497 e. The Balaban J connectivity index is 1.48. The van der Waals surface area contributed by atoms with Crippen molar-refractivity contribution in [2.75, 3.05) is 12.4 Å². The first-order chi connectivity index (χ1) is 16.2. The molecular weight excluding hydrogens is 410 g/mol. The van der Waals surface area contributed by atoms with Crippen molar-refractivity contribution >= 4 is 55.2 Å². The summed E-state index contributed by atoms with van der Waals surface area (Å²) in [4.78, 5) is 22.6. The van der Waals surface area contributed by atoms with Crippen LogP contribution in [0, 0.1) is 0 Å². The lowest BCUT2D eigenvalue weighted by atomic mass is 9.99. The first kappa shape index (κ1) is 19.2. The molecule has 0 spiro atoms. The summed E-state index contributed by atoms with van der Waals surface area (Å²) in [6, 6.07) is 29.2. The first-order valence-corrected chi connectivity index (χ1v) is 10.7. The van der Waals surface area contributed by atoms with Gasteiger partial charge in [0.2, 0.25) is 0 Å². The Bertz CT molecular complexity index is 1690. The molecule has 0 aliphatic heterocycles. The molecular formula is C28H19N3O2. The van der Waals surface area contributed by atoms with Gasteiger partial charge in [-0.3, -0.25) is 4.79 Å². The Kier molecular flexibility index (Phi) is 4.40.